The van der Waals surface area contributed by atoms with Gasteiger partial charge in [0.2, 0.25) is 5.91 Å². The third kappa shape index (κ3) is 3.80. The summed E-state index contributed by atoms with van der Waals surface area (Å²) in [4.78, 5) is 18.8. The van der Waals surface area contributed by atoms with Crippen molar-refractivity contribution in [2.75, 3.05) is 13.1 Å². The summed E-state index contributed by atoms with van der Waals surface area (Å²) in [5, 5.41) is 3.01. The van der Waals surface area contributed by atoms with Crippen LogP contribution in [0.4, 0.5) is 0 Å². The molecular weight excluding hydrogens is 240 g/mol. The van der Waals surface area contributed by atoms with E-state index in [-0.39, 0.29) is 11.9 Å². The van der Waals surface area contributed by atoms with Gasteiger partial charge in [-0.1, -0.05) is 13.8 Å². The Balaban J connectivity index is 2.10. The van der Waals surface area contributed by atoms with Crippen LogP contribution in [0.2, 0.25) is 0 Å². The van der Waals surface area contributed by atoms with E-state index >= 15 is 0 Å². The first-order valence-corrected chi connectivity index (χ1v) is 7.05. The Labute approximate surface area is 115 Å². The number of hydrogen-bond acceptors (Lipinski definition) is 3. The summed E-state index contributed by atoms with van der Waals surface area (Å²) in [7, 11) is 1.97. The maximum atomic E-state index is 12.2. The molecule has 1 fully saturated rings. The normalized spacial score (nSPS) is 21.5. The zero-order valence-electron chi connectivity index (χ0n) is 12.1. The minimum atomic E-state index is -0.0236. The second kappa shape index (κ2) is 6.19. The van der Waals surface area contributed by atoms with Crippen molar-refractivity contribution in [1.82, 2.24) is 19.8 Å². The fourth-order valence-corrected chi connectivity index (χ4v) is 2.58. The van der Waals surface area contributed by atoms with Crippen molar-refractivity contribution in [1.29, 1.82) is 0 Å². The third-order valence-corrected chi connectivity index (χ3v) is 3.48. The Morgan fingerprint density at radius 3 is 2.95 bits per heavy atom. The fourth-order valence-electron chi connectivity index (χ4n) is 2.58. The Kier molecular flexibility index (Phi) is 4.58. The number of hydrogen-bond donors (Lipinski definition) is 1. The lowest BCUT2D eigenvalue weighted by Crippen LogP contribution is -2.44. The van der Waals surface area contributed by atoms with Crippen LogP contribution in [-0.4, -0.2) is 39.5 Å². The number of aryl methyl sites for hydroxylation is 1. The number of nitrogens with zero attached hydrogens (tertiary/aromatic N) is 3. The van der Waals surface area contributed by atoms with E-state index in [9.17, 15) is 4.79 Å². The number of nitrogens with one attached hydrogen (secondary N) is 1. The molecule has 1 unspecified atom stereocenters. The van der Waals surface area contributed by atoms with E-state index in [0.29, 0.717) is 5.92 Å². The SMILES string of the molecule is CC(C)CC1C(=O)NCCCN1Cc1cn(C)cn1. The Bertz CT molecular complexity index is 427. The summed E-state index contributed by atoms with van der Waals surface area (Å²) < 4.78 is 1.95. The van der Waals surface area contributed by atoms with E-state index in [1.807, 2.05) is 24.1 Å². The van der Waals surface area contributed by atoms with Gasteiger partial charge in [-0.2, -0.15) is 0 Å². The summed E-state index contributed by atoms with van der Waals surface area (Å²) in [5.74, 6) is 0.683. The smallest absolute Gasteiger partial charge is 0.237 e. The molecule has 1 N–H and O–H groups in total. The van der Waals surface area contributed by atoms with Crippen LogP contribution in [0.15, 0.2) is 12.5 Å². The topological polar surface area (TPSA) is 50.2 Å². The largest absolute Gasteiger partial charge is 0.355 e. The first kappa shape index (κ1) is 14.1. The predicted molar refractivity (Wildman–Crippen MR) is 74.5 cm³/mol. The van der Waals surface area contributed by atoms with Gasteiger partial charge in [0.1, 0.15) is 0 Å². The zero-order valence-corrected chi connectivity index (χ0v) is 12.1. The lowest BCUT2D eigenvalue weighted by atomic mass is 10.0. The van der Waals surface area contributed by atoms with E-state index in [2.05, 4.69) is 29.0 Å². The van der Waals surface area contributed by atoms with Gasteiger partial charge in [-0.15, -0.1) is 0 Å². The summed E-state index contributed by atoms with van der Waals surface area (Å²) >= 11 is 0. The molecule has 1 aliphatic heterocycles. The average molecular weight is 264 g/mol. The van der Waals surface area contributed by atoms with Crippen LogP contribution in [0.5, 0.6) is 0 Å². The predicted octanol–water partition coefficient (Wildman–Crippen LogP) is 1.16. The molecule has 0 spiro atoms. The molecule has 1 aromatic rings. The van der Waals surface area contributed by atoms with Crippen molar-refractivity contribution in [3.05, 3.63) is 18.2 Å². The molecule has 106 valence electrons. The van der Waals surface area contributed by atoms with E-state index in [0.717, 1.165) is 38.2 Å². The highest BCUT2D eigenvalue weighted by Crippen LogP contribution is 2.17. The van der Waals surface area contributed by atoms with Crippen LogP contribution in [0.25, 0.3) is 0 Å². The number of rotatable bonds is 4. The summed E-state index contributed by atoms with van der Waals surface area (Å²) in [6.07, 6.45) is 5.74. The van der Waals surface area contributed by atoms with Gasteiger partial charge in [0, 0.05) is 32.9 Å². The van der Waals surface area contributed by atoms with Crippen LogP contribution < -0.4 is 5.32 Å². The molecule has 0 radical (unpaired) electrons. The number of aromatic nitrogens is 2. The molecule has 2 rings (SSSR count). The zero-order chi connectivity index (χ0) is 13.8. The third-order valence-electron chi connectivity index (χ3n) is 3.48. The van der Waals surface area contributed by atoms with Crippen LogP contribution in [-0.2, 0) is 18.4 Å². The first-order chi connectivity index (χ1) is 9.06. The summed E-state index contributed by atoms with van der Waals surface area (Å²) in [5.41, 5.74) is 1.03. The van der Waals surface area contributed by atoms with Crippen LogP contribution in [0, 0.1) is 5.92 Å². The van der Waals surface area contributed by atoms with Gasteiger partial charge in [0.05, 0.1) is 18.1 Å². The Hall–Kier alpha value is -1.36. The number of carbonyl (C=O) groups excluding carboxylic acids is 1. The highest BCUT2D eigenvalue weighted by Gasteiger charge is 2.28. The van der Waals surface area contributed by atoms with Crippen molar-refractivity contribution in [2.24, 2.45) is 13.0 Å². The molecule has 5 heteroatoms. The standard InChI is InChI=1S/C14H24N4O/c1-11(2)7-13-14(19)15-5-4-6-18(13)9-12-8-17(3)10-16-12/h8,10-11,13H,4-7,9H2,1-3H3,(H,15,19). The first-order valence-electron chi connectivity index (χ1n) is 7.05. The minimum absolute atomic E-state index is 0.0236. The Morgan fingerprint density at radius 1 is 1.53 bits per heavy atom. The average Bonchev–Trinajstić information content (AvgIpc) is 2.67. The van der Waals surface area contributed by atoms with Gasteiger partial charge in [0.15, 0.2) is 0 Å². The van der Waals surface area contributed by atoms with Gasteiger partial charge in [-0.25, -0.2) is 4.98 Å². The monoisotopic (exact) mass is 264 g/mol. The lowest BCUT2D eigenvalue weighted by molar-refractivity contribution is -0.126. The van der Waals surface area contributed by atoms with E-state index < -0.39 is 0 Å². The molecule has 5 nitrogen and oxygen atoms in total. The molecule has 0 saturated carbocycles. The molecule has 1 aliphatic rings. The second-order valence-corrected chi connectivity index (χ2v) is 5.79. The maximum absolute atomic E-state index is 12.2. The molecule has 1 saturated heterocycles. The van der Waals surface area contributed by atoms with E-state index in [1.165, 1.54) is 0 Å². The van der Waals surface area contributed by atoms with Crippen molar-refractivity contribution >= 4 is 5.91 Å². The highest BCUT2D eigenvalue weighted by atomic mass is 16.2. The van der Waals surface area contributed by atoms with Crippen LogP contribution in [0.1, 0.15) is 32.4 Å². The molecule has 0 aliphatic carbocycles. The number of amides is 1. The number of carbonyl (C=O) groups is 1. The van der Waals surface area contributed by atoms with Gasteiger partial charge < -0.3 is 9.88 Å². The molecule has 2 heterocycles. The van der Waals surface area contributed by atoms with E-state index in [1.54, 1.807) is 0 Å². The van der Waals surface area contributed by atoms with Crippen molar-refractivity contribution in [3.8, 4) is 0 Å². The second-order valence-electron chi connectivity index (χ2n) is 5.79. The molecular formula is C14H24N4O. The van der Waals surface area contributed by atoms with Crippen LogP contribution >= 0.6 is 0 Å². The Morgan fingerprint density at radius 2 is 2.32 bits per heavy atom. The highest BCUT2D eigenvalue weighted by molar-refractivity contribution is 5.81. The molecule has 1 amide bonds. The van der Waals surface area contributed by atoms with Crippen molar-refractivity contribution < 1.29 is 4.79 Å². The van der Waals surface area contributed by atoms with Crippen molar-refractivity contribution in [3.63, 3.8) is 0 Å². The number of imidazole rings is 1. The summed E-state index contributed by atoms with van der Waals surface area (Å²) in [6.45, 7) is 6.82. The summed E-state index contributed by atoms with van der Waals surface area (Å²) in [6, 6.07) is -0.0236. The molecule has 1 aromatic heterocycles. The minimum Gasteiger partial charge on any atom is -0.355 e. The van der Waals surface area contributed by atoms with Crippen molar-refractivity contribution in [2.45, 2.75) is 39.3 Å². The van der Waals surface area contributed by atoms with Gasteiger partial charge in [0.25, 0.3) is 0 Å². The quantitative estimate of drug-likeness (QED) is 0.887. The maximum Gasteiger partial charge on any atom is 0.237 e. The lowest BCUT2D eigenvalue weighted by Gasteiger charge is -2.28. The van der Waals surface area contributed by atoms with Gasteiger partial charge in [-0.3, -0.25) is 9.69 Å². The molecule has 1 atom stereocenters. The van der Waals surface area contributed by atoms with Gasteiger partial charge in [-0.05, 0) is 18.8 Å². The molecule has 19 heavy (non-hydrogen) atoms. The molecule has 0 bridgehead atoms. The van der Waals surface area contributed by atoms with Crippen LogP contribution in [0.3, 0.4) is 0 Å². The van der Waals surface area contributed by atoms with Gasteiger partial charge >= 0.3 is 0 Å². The fraction of sp³-hybridized carbons (Fsp3) is 0.714. The molecule has 0 aromatic carbocycles. The van der Waals surface area contributed by atoms with E-state index in [4.69, 9.17) is 0 Å².